The molecule has 0 saturated heterocycles. The van der Waals surface area contributed by atoms with Crippen molar-refractivity contribution < 1.29 is 4.74 Å². The van der Waals surface area contributed by atoms with E-state index in [2.05, 4.69) is 20.0 Å². The predicted octanol–water partition coefficient (Wildman–Crippen LogP) is 2.52. The fraction of sp³-hybridized carbons (Fsp3) is 0.500. The molecule has 14 heavy (non-hydrogen) atoms. The summed E-state index contributed by atoms with van der Waals surface area (Å²) in [5, 5.41) is 3.31. The lowest BCUT2D eigenvalue weighted by Crippen LogP contribution is -1.98. The highest BCUT2D eigenvalue weighted by atomic mass is 16.5. The molecule has 0 aliphatic rings. The van der Waals surface area contributed by atoms with Crippen LogP contribution in [0.15, 0.2) is 11.2 Å². The van der Waals surface area contributed by atoms with Gasteiger partial charge in [0.05, 0.1) is 6.61 Å². The molecular weight excluding hydrogens is 182 g/mol. The molecule has 0 amide bonds. The predicted molar refractivity (Wildman–Crippen MR) is 51.4 cm³/mol. The summed E-state index contributed by atoms with van der Waals surface area (Å²) in [5.74, 6) is 0.542. The minimum Gasteiger partial charge on any atom is -0.478 e. The Balaban J connectivity index is 2.89. The molecule has 1 aromatic rings. The second-order valence-corrected chi connectivity index (χ2v) is 2.69. The summed E-state index contributed by atoms with van der Waals surface area (Å²) in [7, 11) is 0. The van der Waals surface area contributed by atoms with Crippen LogP contribution in [0.3, 0.4) is 0 Å². The summed E-state index contributed by atoms with van der Waals surface area (Å²) in [6.07, 6.45) is 0.903. The zero-order valence-corrected chi connectivity index (χ0v) is 8.14. The monoisotopic (exact) mass is 193 g/mol. The number of aryl methyl sites for hydroxylation is 1. The Morgan fingerprint density at radius 3 is 3.00 bits per heavy atom. The van der Waals surface area contributed by atoms with E-state index in [1.807, 2.05) is 6.92 Å². The van der Waals surface area contributed by atoms with E-state index in [4.69, 9.17) is 10.3 Å². The zero-order valence-electron chi connectivity index (χ0n) is 8.14. The average Bonchev–Trinajstić information content (AvgIpc) is 2.14. The fourth-order valence-corrected chi connectivity index (χ4v) is 0.890. The lowest BCUT2D eigenvalue weighted by Gasteiger charge is -2.04. The molecule has 1 heterocycles. The highest BCUT2D eigenvalue weighted by Gasteiger charge is 2.00. The van der Waals surface area contributed by atoms with E-state index in [0.29, 0.717) is 18.2 Å². The Hall–Kier alpha value is -1.81. The molecule has 74 valence electrons. The molecule has 1 aromatic heterocycles. The van der Waals surface area contributed by atoms with Crippen LogP contribution in [0, 0.1) is 6.92 Å². The number of ether oxygens (including phenoxy) is 1. The highest BCUT2D eigenvalue weighted by molar-refractivity contribution is 5.24. The van der Waals surface area contributed by atoms with Gasteiger partial charge in [-0.2, -0.15) is 4.98 Å². The molecule has 0 aromatic carbocycles. The van der Waals surface area contributed by atoms with Gasteiger partial charge in [-0.05, 0) is 24.0 Å². The first kappa shape index (κ1) is 10.3. The summed E-state index contributed by atoms with van der Waals surface area (Å²) in [6.45, 7) is 4.38. The van der Waals surface area contributed by atoms with Crippen molar-refractivity contribution in [3.63, 3.8) is 0 Å². The Labute approximate surface area is 81.6 Å². The van der Waals surface area contributed by atoms with Crippen molar-refractivity contribution in [3.05, 3.63) is 22.2 Å². The number of hydrogen-bond donors (Lipinski definition) is 0. The zero-order chi connectivity index (χ0) is 10.4. The van der Waals surface area contributed by atoms with Crippen LogP contribution in [0.4, 0.5) is 5.95 Å². The van der Waals surface area contributed by atoms with Crippen molar-refractivity contribution in [1.29, 1.82) is 0 Å². The number of rotatable bonds is 4. The van der Waals surface area contributed by atoms with Crippen LogP contribution in [-0.4, -0.2) is 16.6 Å². The molecule has 0 unspecified atom stereocenters. The lowest BCUT2D eigenvalue weighted by molar-refractivity contribution is 0.305. The first-order chi connectivity index (χ1) is 6.76. The van der Waals surface area contributed by atoms with Gasteiger partial charge in [-0.3, -0.25) is 0 Å². The maximum atomic E-state index is 8.22. The molecule has 0 spiro atoms. The quantitative estimate of drug-likeness (QED) is 0.418. The normalized spacial score (nSPS) is 9.29. The van der Waals surface area contributed by atoms with E-state index in [-0.39, 0.29) is 5.95 Å². The largest absolute Gasteiger partial charge is 0.478 e. The van der Waals surface area contributed by atoms with Crippen LogP contribution in [0.5, 0.6) is 5.88 Å². The third kappa shape index (κ3) is 2.91. The molecule has 6 nitrogen and oxygen atoms in total. The maximum Gasteiger partial charge on any atom is 0.219 e. The van der Waals surface area contributed by atoms with Gasteiger partial charge in [0.2, 0.25) is 11.8 Å². The molecule has 0 saturated carbocycles. The van der Waals surface area contributed by atoms with E-state index >= 15 is 0 Å². The standard InChI is InChI=1S/C8H11N5O/c1-3-4-14-7-5-6(2)10-8(11-7)12-13-9/h5H,3-4H2,1-2H3. The summed E-state index contributed by atoms with van der Waals surface area (Å²) >= 11 is 0. The molecule has 0 radical (unpaired) electrons. The van der Waals surface area contributed by atoms with E-state index in [0.717, 1.165) is 6.42 Å². The van der Waals surface area contributed by atoms with E-state index in [9.17, 15) is 0 Å². The summed E-state index contributed by atoms with van der Waals surface area (Å²) in [6, 6.07) is 1.70. The molecular formula is C8H11N5O. The van der Waals surface area contributed by atoms with Crippen molar-refractivity contribution in [3.8, 4) is 5.88 Å². The lowest BCUT2D eigenvalue weighted by atomic mass is 10.4. The third-order valence-electron chi connectivity index (χ3n) is 1.41. The molecule has 1 rings (SSSR count). The summed E-state index contributed by atoms with van der Waals surface area (Å²) in [4.78, 5) is 10.4. The number of nitrogens with zero attached hydrogens (tertiary/aromatic N) is 5. The van der Waals surface area contributed by atoms with Gasteiger partial charge < -0.3 is 4.74 Å². The molecule has 0 atom stereocenters. The smallest absolute Gasteiger partial charge is 0.219 e. The third-order valence-corrected chi connectivity index (χ3v) is 1.41. The van der Waals surface area contributed by atoms with Crippen molar-refractivity contribution >= 4 is 5.95 Å². The molecule has 0 N–H and O–H groups in total. The van der Waals surface area contributed by atoms with Crippen LogP contribution >= 0.6 is 0 Å². The van der Waals surface area contributed by atoms with Gasteiger partial charge in [-0.25, -0.2) is 4.98 Å². The van der Waals surface area contributed by atoms with Gasteiger partial charge in [-0.1, -0.05) is 6.92 Å². The van der Waals surface area contributed by atoms with Crippen LogP contribution in [0.1, 0.15) is 19.0 Å². The molecule has 0 aliphatic carbocycles. The van der Waals surface area contributed by atoms with Crippen molar-refractivity contribution in [1.82, 2.24) is 9.97 Å². The van der Waals surface area contributed by atoms with Gasteiger partial charge >= 0.3 is 0 Å². The molecule has 6 heteroatoms. The summed E-state index contributed by atoms with van der Waals surface area (Å²) in [5.41, 5.74) is 8.93. The first-order valence-electron chi connectivity index (χ1n) is 4.30. The molecule has 0 bridgehead atoms. The van der Waals surface area contributed by atoms with Gasteiger partial charge in [0.25, 0.3) is 0 Å². The van der Waals surface area contributed by atoms with Crippen LogP contribution < -0.4 is 4.74 Å². The van der Waals surface area contributed by atoms with E-state index in [1.165, 1.54) is 0 Å². The Bertz CT molecular complexity index is 359. The van der Waals surface area contributed by atoms with Gasteiger partial charge in [0.15, 0.2) is 0 Å². The van der Waals surface area contributed by atoms with Crippen LogP contribution in [0.25, 0.3) is 10.4 Å². The summed E-state index contributed by atoms with van der Waals surface area (Å²) < 4.78 is 5.29. The maximum absolute atomic E-state index is 8.22. The van der Waals surface area contributed by atoms with Crippen LogP contribution in [-0.2, 0) is 0 Å². The minimum absolute atomic E-state index is 0.0959. The van der Waals surface area contributed by atoms with Gasteiger partial charge in [0.1, 0.15) is 0 Å². The van der Waals surface area contributed by atoms with Gasteiger partial charge in [0, 0.05) is 16.7 Å². The van der Waals surface area contributed by atoms with E-state index < -0.39 is 0 Å². The number of azide groups is 1. The topological polar surface area (TPSA) is 83.8 Å². The minimum atomic E-state index is 0.0959. The first-order valence-corrected chi connectivity index (χ1v) is 4.30. The Kier molecular flexibility index (Phi) is 3.69. The fourth-order valence-electron chi connectivity index (χ4n) is 0.890. The Morgan fingerprint density at radius 1 is 1.57 bits per heavy atom. The molecule has 0 aliphatic heterocycles. The van der Waals surface area contributed by atoms with E-state index in [1.54, 1.807) is 13.0 Å². The second kappa shape index (κ2) is 5.04. The highest BCUT2D eigenvalue weighted by Crippen LogP contribution is 2.14. The SMILES string of the molecule is CCCOc1cc(C)nc(N=[N+]=[N-])n1. The van der Waals surface area contributed by atoms with Gasteiger partial charge in [-0.15, -0.1) is 0 Å². The van der Waals surface area contributed by atoms with Crippen molar-refractivity contribution in [2.45, 2.75) is 20.3 Å². The average molecular weight is 193 g/mol. The second-order valence-electron chi connectivity index (χ2n) is 2.69. The van der Waals surface area contributed by atoms with Crippen molar-refractivity contribution in [2.24, 2.45) is 5.11 Å². The number of aromatic nitrogens is 2. The Morgan fingerprint density at radius 2 is 2.36 bits per heavy atom. The molecule has 0 fully saturated rings. The van der Waals surface area contributed by atoms with Crippen LogP contribution in [0.2, 0.25) is 0 Å². The number of hydrogen-bond acceptors (Lipinski definition) is 4. The van der Waals surface area contributed by atoms with Crippen molar-refractivity contribution in [2.75, 3.05) is 6.61 Å².